The molecule has 2 aromatic rings. The maximum atomic E-state index is 11.4. The summed E-state index contributed by atoms with van der Waals surface area (Å²) in [5.41, 5.74) is 2.40. The number of rotatable bonds is 5. The van der Waals surface area contributed by atoms with Crippen molar-refractivity contribution in [3.8, 4) is 0 Å². The fourth-order valence-corrected chi connectivity index (χ4v) is 3.59. The number of carbonyl (C=O) groups is 1. The Bertz CT molecular complexity index is 658. The first kappa shape index (κ1) is 16.5. The van der Waals surface area contributed by atoms with Crippen LogP contribution in [0.25, 0.3) is 0 Å². The third-order valence-corrected chi connectivity index (χ3v) is 4.85. The molecule has 0 unspecified atom stereocenters. The second-order valence-corrected chi connectivity index (χ2v) is 6.39. The molecule has 24 heavy (non-hydrogen) atoms. The molecule has 0 amide bonds. The van der Waals surface area contributed by atoms with Gasteiger partial charge in [0.05, 0.1) is 6.42 Å². The molecule has 0 saturated carbocycles. The van der Waals surface area contributed by atoms with E-state index in [1.165, 1.54) is 11.3 Å². The molecule has 126 valence electrons. The van der Waals surface area contributed by atoms with Gasteiger partial charge in [-0.3, -0.25) is 9.69 Å². The van der Waals surface area contributed by atoms with Gasteiger partial charge in [-0.05, 0) is 24.6 Å². The molecule has 0 aromatic heterocycles. The Morgan fingerprint density at radius 1 is 1.04 bits per heavy atom. The molecule has 2 atom stereocenters. The molecule has 4 nitrogen and oxygen atoms in total. The lowest BCUT2D eigenvalue weighted by molar-refractivity contribution is -0.138. The highest BCUT2D eigenvalue weighted by atomic mass is 16.4. The molecule has 1 heterocycles. The number of anilines is 1. The van der Waals surface area contributed by atoms with Crippen molar-refractivity contribution < 1.29 is 9.90 Å². The van der Waals surface area contributed by atoms with E-state index in [2.05, 4.69) is 41.0 Å². The number of aliphatic carboxylic acids is 1. The van der Waals surface area contributed by atoms with E-state index in [1.54, 1.807) is 0 Å². The highest BCUT2D eigenvalue weighted by Gasteiger charge is 2.35. The molecule has 3 rings (SSSR count). The minimum atomic E-state index is -0.736. The molecule has 0 spiro atoms. The zero-order valence-corrected chi connectivity index (χ0v) is 14.0. The fraction of sp³-hybridized carbons (Fsp3) is 0.350. The van der Waals surface area contributed by atoms with Crippen LogP contribution in [-0.4, -0.2) is 41.1 Å². The molecule has 0 bridgehead atoms. The van der Waals surface area contributed by atoms with Crippen LogP contribution in [0.4, 0.5) is 5.69 Å². The zero-order valence-electron chi connectivity index (χ0n) is 14.0. The normalized spacial score (nSPS) is 21.6. The molecular weight excluding hydrogens is 300 g/mol. The molecule has 2 aromatic carbocycles. The van der Waals surface area contributed by atoms with Gasteiger partial charge < -0.3 is 10.0 Å². The quantitative estimate of drug-likeness (QED) is 0.917. The monoisotopic (exact) mass is 324 g/mol. The minimum absolute atomic E-state index is 0.00309. The molecule has 4 heteroatoms. The van der Waals surface area contributed by atoms with Crippen molar-refractivity contribution in [2.45, 2.75) is 32.0 Å². The predicted molar refractivity (Wildman–Crippen MR) is 96.1 cm³/mol. The van der Waals surface area contributed by atoms with Gasteiger partial charge in [0.15, 0.2) is 0 Å². The summed E-state index contributed by atoms with van der Waals surface area (Å²) >= 11 is 0. The van der Waals surface area contributed by atoms with E-state index < -0.39 is 5.97 Å². The summed E-state index contributed by atoms with van der Waals surface area (Å²) in [7, 11) is 0. The highest BCUT2D eigenvalue weighted by Crippen LogP contribution is 2.27. The van der Waals surface area contributed by atoms with Crippen LogP contribution in [0.1, 0.15) is 18.9 Å². The summed E-state index contributed by atoms with van der Waals surface area (Å²) in [6.45, 7) is 4.71. The molecule has 1 fully saturated rings. The largest absolute Gasteiger partial charge is 0.481 e. The van der Waals surface area contributed by atoms with Gasteiger partial charge >= 0.3 is 5.97 Å². The summed E-state index contributed by atoms with van der Waals surface area (Å²) in [6, 6.07) is 20.7. The Kier molecular flexibility index (Phi) is 5.16. The van der Waals surface area contributed by atoms with Crippen molar-refractivity contribution in [3.05, 3.63) is 66.2 Å². The van der Waals surface area contributed by atoms with E-state index in [0.717, 1.165) is 19.6 Å². The Labute approximate surface area is 143 Å². The Balaban J connectivity index is 1.80. The van der Waals surface area contributed by atoms with Gasteiger partial charge in [0, 0.05) is 37.4 Å². The fourth-order valence-electron chi connectivity index (χ4n) is 3.59. The van der Waals surface area contributed by atoms with Crippen LogP contribution in [0.5, 0.6) is 0 Å². The third kappa shape index (κ3) is 3.77. The smallest absolute Gasteiger partial charge is 0.305 e. The van der Waals surface area contributed by atoms with Gasteiger partial charge in [-0.25, -0.2) is 0 Å². The topological polar surface area (TPSA) is 43.8 Å². The van der Waals surface area contributed by atoms with Crippen LogP contribution >= 0.6 is 0 Å². The predicted octanol–water partition coefficient (Wildman–Crippen LogP) is 3.24. The SMILES string of the molecule is C[C@@H]1[C@H](CC(=O)O)N(Cc2ccccc2)CCN1c1ccccc1. The van der Waals surface area contributed by atoms with Crippen LogP contribution in [0.15, 0.2) is 60.7 Å². The van der Waals surface area contributed by atoms with Gasteiger partial charge in [0.1, 0.15) is 0 Å². The summed E-state index contributed by atoms with van der Waals surface area (Å²) in [5, 5.41) is 9.38. The number of nitrogens with zero attached hydrogens (tertiary/aromatic N) is 2. The standard InChI is InChI=1S/C20H24N2O2/c1-16-19(14-20(23)24)21(15-17-8-4-2-5-9-17)12-13-22(16)18-10-6-3-7-11-18/h2-11,16,19H,12-15H2,1H3,(H,23,24)/t16-,19+/m1/s1. The van der Waals surface area contributed by atoms with Crippen LogP contribution in [0.2, 0.25) is 0 Å². The van der Waals surface area contributed by atoms with Gasteiger partial charge in [0.2, 0.25) is 0 Å². The van der Waals surface area contributed by atoms with Crippen molar-refractivity contribution in [3.63, 3.8) is 0 Å². The summed E-state index contributed by atoms with van der Waals surface area (Å²) in [4.78, 5) is 16.1. The average Bonchev–Trinajstić information content (AvgIpc) is 2.59. The van der Waals surface area contributed by atoms with Crippen LogP contribution < -0.4 is 4.90 Å². The van der Waals surface area contributed by atoms with Crippen molar-refractivity contribution in [2.75, 3.05) is 18.0 Å². The van der Waals surface area contributed by atoms with E-state index in [0.29, 0.717) is 0 Å². The van der Waals surface area contributed by atoms with E-state index in [4.69, 9.17) is 0 Å². The summed E-state index contributed by atoms with van der Waals surface area (Å²) in [5.74, 6) is -0.736. The lowest BCUT2D eigenvalue weighted by Gasteiger charge is -2.47. The molecule has 1 saturated heterocycles. The van der Waals surface area contributed by atoms with Gasteiger partial charge in [0.25, 0.3) is 0 Å². The molecule has 1 N–H and O–H groups in total. The second kappa shape index (κ2) is 7.49. The van der Waals surface area contributed by atoms with Crippen LogP contribution in [0, 0.1) is 0 Å². The maximum absolute atomic E-state index is 11.4. The lowest BCUT2D eigenvalue weighted by atomic mass is 9.98. The zero-order chi connectivity index (χ0) is 16.9. The van der Waals surface area contributed by atoms with Crippen LogP contribution in [-0.2, 0) is 11.3 Å². The Hall–Kier alpha value is -2.33. The van der Waals surface area contributed by atoms with Gasteiger partial charge in [-0.1, -0.05) is 48.5 Å². The van der Waals surface area contributed by atoms with Gasteiger partial charge in [-0.2, -0.15) is 0 Å². The van der Waals surface area contributed by atoms with E-state index in [-0.39, 0.29) is 18.5 Å². The van der Waals surface area contributed by atoms with E-state index in [9.17, 15) is 9.90 Å². The number of carboxylic acids is 1. The molecule has 1 aliphatic heterocycles. The minimum Gasteiger partial charge on any atom is -0.481 e. The maximum Gasteiger partial charge on any atom is 0.305 e. The first-order valence-corrected chi connectivity index (χ1v) is 8.46. The van der Waals surface area contributed by atoms with Crippen molar-refractivity contribution in [1.82, 2.24) is 4.90 Å². The summed E-state index contributed by atoms with van der Waals surface area (Å²) in [6.07, 6.45) is 0.164. The van der Waals surface area contributed by atoms with Crippen molar-refractivity contribution in [1.29, 1.82) is 0 Å². The number of hydrogen-bond donors (Lipinski definition) is 1. The number of hydrogen-bond acceptors (Lipinski definition) is 3. The number of para-hydroxylation sites is 1. The van der Waals surface area contributed by atoms with E-state index in [1.807, 2.05) is 36.4 Å². The molecular formula is C20H24N2O2. The first-order valence-electron chi connectivity index (χ1n) is 8.46. The Morgan fingerprint density at radius 2 is 1.67 bits per heavy atom. The molecule has 1 aliphatic rings. The van der Waals surface area contributed by atoms with Gasteiger partial charge in [-0.15, -0.1) is 0 Å². The second-order valence-electron chi connectivity index (χ2n) is 6.39. The number of carboxylic acid groups (broad SMARTS) is 1. The van der Waals surface area contributed by atoms with E-state index >= 15 is 0 Å². The number of benzene rings is 2. The van der Waals surface area contributed by atoms with Crippen LogP contribution in [0.3, 0.4) is 0 Å². The number of piperazine rings is 1. The first-order chi connectivity index (χ1) is 11.6. The van der Waals surface area contributed by atoms with Crippen molar-refractivity contribution >= 4 is 11.7 Å². The molecule has 0 aliphatic carbocycles. The average molecular weight is 324 g/mol. The summed E-state index contributed by atoms with van der Waals surface area (Å²) < 4.78 is 0. The highest BCUT2D eigenvalue weighted by molar-refractivity contribution is 5.68. The third-order valence-electron chi connectivity index (χ3n) is 4.85. The molecule has 0 radical (unpaired) electrons. The lowest BCUT2D eigenvalue weighted by Crippen LogP contribution is -2.58. The Morgan fingerprint density at radius 3 is 2.29 bits per heavy atom. The van der Waals surface area contributed by atoms with Crippen molar-refractivity contribution in [2.24, 2.45) is 0 Å².